The van der Waals surface area contributed by atoms with Crippen molar-refractivity contribution in [3.8, 4) is 5.75 Å². The summed E-state index contributed by atoms with van der Waals surface area (Å²) < 4.78 is 5.22. The van der Waals surface area contributed by atoms with Crippen LogP contribution in [-0.4, -0.2) is 58.7 Å². The monoisotopic (exact) mass is 395 g/mol. The molecular formula is C23H41NO4. The van der Waals surface area contributed by atoms with Gasteiger partial charge >= 0.3 is 0 Å². The first-order valence-electron chi connectivity index (χ1n) is 10.9. The van der Waals surface area contributed by atoms with Gasteiger partial charge in [-0.15, -0.1) is 0 Å². The van der Waals surface area contributed by atoms with Gasteiger partial charge in [0.2, 0.25) is 0 Å². The van der Waals surface area contributed by atoms with Crippen molar-refractivity contribution in [3.63, 3.8) is 0 Å². The van der Waals surface area contributed by atoms with Crippen LogP contribution in [0.1, 0.15) is 70.8 Å². The molecule has 0 amide bonds. The van der Waals surface area contributed by atoms with Crippen molar-refractivity contribution in [2.75, 3.05) is 20.3 Å². The molecule has 3 atom stereocenters. The van der Waals surface area contributed by atoms with E-state index in [1.54, 1.807) is 7.11 Å². The minimum Gasteiger partial charge on any atom is -0.497 e. The van der Waals surface area contributed by atoms with Crippen LogP contribution in [0.3, 0.4) is 0 Å². The van der Waals surface area contributed by atoms with Crippen LogP contribution in [0.5, 0.6) is 5.75 Å². The number of ether oxygens (including phenoxy) is 1. The van der Waals surface area contributed by atoms with E-state index in [4.69, 9.17) is 9.84 Å². The minimum atomic E-state index is -1.11. The van der Waals surface area contributed by atoms with Crippen LogP contribution in [0, 0.1) is 0 Å². The number of nitrogens with zero attached hydrogens (tertiary/aromatic N) is 1. The lowest BCUT2D eigenvalue weighted by molar-refractivity contribution is -0.0363. The largest absolute Gasteiger partial charge is 0.497 e. The third-order valence-corrected chi connectivity index (χ3v) is 5.45. The molecule has 0 spiro atoms. The Bertz CT molecular complexity index is 494. The zero-order valence-electron chi connectivity index (χ0n) is 18.0. The van der Waals surface area contributed by atoms with Gasteiger partial charge in [-0.25, -0.2) is 0 Å². The highest BCUT2D eigenvalue weighted by atomic mass is 16.5. The van der Waals surface area contributed by atoms with Gasteiger partial charge in [-0.1, -0.05) is 64.0 Å². The van der Waals surface area contributed by atoms with E-state index in [0.717, 1.165) is 17.7 Å². The first kappa shape index (κ1) is 24.9. The highest BCUT2D eigenvalue weighted by molar-refractivity contribution is 5.27. The molecule has 0 radical (unpaired) electrons. The van der Waals surface area contributed by atoms with Gasteiger partial charge in [-0.05, 0) is 31.0 Å². The number of aliphatic hydroxyl groups is 3. The second-order valence-electron chi connectivity index (χ2n) is 7.85. The van der Waals surface area contributed by atoms with Crippen LogP contribution < -0.4 is 4.74 Å². The van der Waals surface area contributed by atoms with Crippen molar-refractivity contribution in [2.45, 2.75) is 90.0 Å². The molecule has 2 unspecified atom stereocenters. The molecule has 5 nitrogen and oxygen atoms in total. The molecule has 3 N–H and O–H groups in total. The molecule has 1 rings (SSSR count). The van der Waals surface area contributed by atoms with E-state index in [1.807, 2.05) is 24.3 Å². The minimum absolute atomic E-state index is 0.290. The maximum atomic E-state index is 10.2. The summed E-state index contributed by atoms with van der Waals surface area (Å²) in [7, 11) is 1.65. The van der Waals surface area contributed by atoms with Crippen LogP contribution in [-0.2, 0) is 6.54 Å². The highest BCUT2D eigenvalue weighted by Gasteiger charge is 2.22. The number of benzene rings is 1. The Labute approximate surface area is 171 Å². The lowest BCUT2D eigenvalue weighted by Crippen LogP contribution is -2.44. The first-order chi connectivity index (χ1) is 13.5. The van der Waals surface area contributed by atoms with Crippen LogP contribution in [0.25, 0.3) is 0 Å². The number of hydrogen-bond donors (Lipinski definition) is 3. The molecule has 1 aromatic carbocycles. The van der Waals surface area contributed by atoms with E-state index < -0.39 is 18.8 Å². The van der Waals surface area contributed by atoms with Crippen molar-refractivity contribution in [2.24, 2.45) is 0 Å². The molecule has 1 aromatic rings. The molecule has 0 saturated carbocycles. The lowest BCUT2D eigenvalue weighted by atomic mass is 10.0. The van der Waals surface area contributed by atoms with E-state index in [1.165, 1.54) is 44.9 Å². The van der Waals surface area contributed by atoms with E-state index >= 15 is 0 Å². The van der Waals surface area contributed by atoms with Gasteiger partial charge < -0.3 is 20.1 Å². The molecule has 0 saturated heterocycles. The van der Waals surface area contributed by atoms with Crippen molar-refractivity contribution in [3.05, 3.63) is 29.8 Å². The van der Waals surface area contributed by atoms with Gasteiger partial charge in [0, 0.05) is 19.1 Å². The number of methoxy groups -OCH3 is 1. The Morgan fingerprint density at radius 2 is 1.54 bits per heavy atom. The third kappa shape index (κ3) is 9.87. The van der Waals surface area contributed by atoms with E-state index in [-0.39, 0.29) is 0 Å². The zero-order valence-corrected chi connectivity index (χ0v) is 18.0. The lowest BCUT2D eigenvalue weighted by Gasteiger charge is -2.32. The molecular weight excluding hydrogens is 354 g/mol. The Morgan fingerprint density at radius 1 is 0.929 bits per heavy atom. The van der Waals surface area contributed by atoms with Crippen LogP contribution in [0.2, 0.25) is 0 Å². The predicted octanol–water partition coefficient (Wildman–Crippen LogP) is 3.74. The number of hydrogen-bond acceptors (Lipinski definition) is 5. The fraction of sp³-hybridized carbons (Fsp3) is 0.739. The zero-order chi connectivity index (χ0) is 20.8. The Balaban J connectivity index is 2.57. The molecule has 28 heavy (non-hydrogen) atoms. The summed E-state index contributed by atoms with van der Waals surface area (Å²) in [6.45, 7) is 5.02. The molecule has 0 bridgehead atoms. The summed E-state index contributed by atoms with van der Waals surface area (Å²) in [5.41, 5.74) is 1.14. The predicted molar refractivity (Wildman–Crippen MR) is 115 cm³/mol. The summed E-state index contributed by atoms with van der Waals surface area (Å²) >= 11 is 0. The number of aliphatic hydroxyl groups excluding tert-OH is 3. The summed E-state index contributed by atoms with van der Waals surface area (Å²) in [5, 5.41) is 29.1. The second kappa shape index (κ2) is 14.8. The quantitative estimate of drug-likeness (QED) is 0.372. The topological polar surface area (TPSA) is 73.2 Å². The third-order valence-electron chi connectivity index (χ3n) is 5.45. The fourth-order valence-electron chi connectivity index (χ4n) is 3.43. The fourth-order valence-corrected chi connectivity index (χ4v) is 3.43. The number of rotatable bonds is 16. The molecule has 0 fully saturated rings. The van der Waals surface area contributed by atoms with Crippen LogP contribution in [0.4, 0.5) is 0 Å². The second-order valence-corrected chi connectivity index (χ2v) is 7.85. The average molecular weight is 396 g/mol. The number of unbranched alkanes of at least 4 members (excludes halogenated alkanes) is 6. The summed E-state index contributed by atoms with van der Waals surface area (Å²) in [6.07, 6.45) is 7.96. The van der Waals surface area contributed by atoms with E-state index in [2.05, 4.69) is 18.7 Å². The van der Waals surface area contributed by atoms with Gasteiger partial charge in [0.25, 0.3) is 0 Å². The Hall–Kier alpha value is -1.14. The highest BCUT2D eigenvalue weighted by Crippen LogP contribution is 2.18. The molecule has 0 aliphatic heterocycles. The maximum Gasteiger partial charge on any atom is 0.118 e. The van der Waals surface area contributed by atoms with Gasteiger partial charge in [-0.3, -0.25) is 4.90 Å². The first-order valence-corrected chi connectivity index (χ1v) is 10.9. The molecule has 0 aliphatic carbocycles. The van der Waals surface area contributed by atoms with Crippen LogP contribution in [0.15, 0.2) is 24.3 Å². The summed E-state index contributed by atoms with van der Waals surface area (Å²) in [6, 6.07) is 8.22. The molecule has 0 aromatic heterocycles. The van der Waals surface area contributed by atoms with Gasteiger partial charge in [-0.2, -0.15) is 0 Å². The van der Waals surface area contributed by atoms with Gasteiger partial charge in [0.05, 0.1) is 19.8 Å². The average Bonchev–Trinajstić information content (AvgIpc) is 2.72. The Morgan fingerprint density at radius 3 is 2.11 bits per heavy atom. The molecule has 0 aliphatic rings. The SMILES string of the molecule is CCCCCCCCCC(C)N(Cc1ccc(OC)cc1)C[C@@H](O)C(O)CO. The van der Waals surface area contributed by atoms with Crippen LogP contribution >= 0.6 is 0 Å². The summed E-state index contributed by atoms with van der Waals surface area (Å²) in [5.74, 6) is 0.821. The standard InChI is InChI=1S/C23H41NO4/c1-4-5-6-7-8-9-10-11-19(2)24(17-22(26)23(27)18-25)16-20-12-14-21(28-3)15-13-20/h12-15,19,22-23,25-27H,4-11,16-18H2,1-3H3/t19?,22-,23?/m1/s1. The van der Waals surface area contributed by atoms with E-state index in [0.29, 0.717) is 19.1 Å². The summed E-state index contributed by atoms with van der Waals surface area (Å²) in [4.78, 5) is 2.20. The van der Waals surface area contributed by atoms with E-state index in [9.17, 15) is 10.2 Å². The smallest absolute Gasteiger partial charge is 0.118 e. The molecule has 0 heterocycles. The maximum absolute atomic E-state index is 10.2. The van der Waals surface area contributed by atoms with Crippen molar-refractivity contribution in [1.29, 1.82) is 0 Å². The normalized spacial score (nSPS) is 14.8. The van der Waals surface area contributed by atoms with Crippen molar-refractivity contribution < 1.29 is 20.1 Å². The van der Waals surface area contributed by atoms with Crippen molar-refractivity contribution >= 4 is 0 Å². The molecule has 5 heteroatoms. The van der Waals surface area contributed by atoms with Crippen molar-refractivity contribution in [1.82, 2.24) is 4.90 Å². The Kier molecular flexibility index (Phi) is 13.2. The molecule has 162 valence electrons. The van der Waals surface area contributed by atoms with Gasteiger partial charge in [0.1, 0.15) is 11.9 Å². The van der Waals surface area contributed by atoms with Gasteiger partial charge in [0.15, 0.2) is 0 Å².